The molecule has 1 aromatic heterocycles. The first kappa shape index (κ1) is 30.1. The number of aliphatic hydroxyl groups is 4. The molecule has 0 bridgehead atoms. The predicted molar refractivity (Wildman–Crippen MR) is 155 cm³/mol. The second-order valence-corrected chi connectivity index (χ2v) is 12.1. The number of benzene rings is 2. The highest BCUT2D eigenvalue weighted by molar-refractivity contribution is 7.93. The van der Waals surface area contributed by atoms with Crippen LogP contribution < -0.4 is 9.62 Å². The highest BCUT2D eigenvalue weighted by Crippen LogP contribution is 2.32. The second kappa shape index (κ2) is 12.1. The van der Waals surface area contributed by atoms with Gasteiger partial charge in [0.15, 0.2) is 11.2 Å². The van der Waals surface area contributed by atoms with Gasteiger partial charge in [-0.15, -0.1) is 0 Å². The van der Waals surface area contributed by atoms with Gasteiger partial charge in [0.25, 0.3) is 10.0 Å². The monoisotopic (exact) mass is 598 g/mol. The quantitative estimate of drug-likeness (QED) is 0.243. The summed E-state index contributed by atoms with van der Waals surface area (Å²) in [4.78, 5) is 1.67. The van der Waals surface area contributed by atoms with Crippen molar-refractivity contribution in [1.82, 2.24) is 9.29 Å². The molecule has 0 radical (unpaired) electrons. The highest BCUT2D eigenvalue weighted by atomic mass is 32.2. The maximum absolute atomic E-state index is 13.3. The van der Waals surface area contributed by atoms with Crippen molar-refractivity contribution < 1.29 is 38.3 Å². The van der Waals surface area contributed by atoms with Gasteiger partial charge in [0.2, 0.25) is 0 Å². The van der Waals surface area contributed by atoms with Crippen molar-refractivity contribution in [2.24, 2.45) is 7.05 Å². The van der Waals surface area contributed by atoms with Gasteiger partial charge in [-0.1, -0.05) is 18.2 Å². The van der Waals surface area contributed by atoms with Crippen molar-refractivity contribution in [1.29, 1.82) is 5.26 Å². The third-order valence-corrected chi connectivity index (χ3v) is 9.42. The SMILES string of the molecule is C/C(=C(/C#N)S(=O)(=O)N[C@H]1C(O)O[C@H](CO)[C@@H](O)[C@@H]1O)c1ccc(-c2ccc3cc(N4CCOCC4)ccc3c2)n1C. The van der Waals surface area contributed by atoms with Crippen LogP contribution in [0.2, 0.25) is 0 Å². The number of hydrogen-bond acceptors (Lipinski definition) is 10. The summed E-state index contributed by atoms with van der Waals surface area (Å²) >= 11 is 0. The summed E-state index contributed by atoms with van der Waals surface area (Å²) in [6, 6.07) is 16.0. The van der Waals surface area contributed by atoms with Crippen LogP contribution in [-0.2, 0) is 26.5 Å². The molecule has 13 heteroatoms. The molecule has 42 heavy (non-hydrogen) atoms. The summed E-state index contributed by atoms with van der Waals surface area (Å²) in [6.07, 6.45) is -6.62. The molecule has 2 saturated heterocycles. The number of fused-ring (bicyclic) bond motifs is 1. The molecule has 3 aromatic rings. The van der Waals surface area contributed by atoms with Crippen LogP contribution in [-0.4, -0.2) is 97.0 Å². The number of ether oxygens (including phenoxy) is 2. The topological polar surface area (TPSA) is 178 Å². The van der Waals surface area contributed by atoms with Gasteiger partial charge in [-0.2, -0.15) is 9.98 Å². The summed E-state index contributed by atoms with van der Waals surface area (Å²) < 4.78 is 40.9. The molecule has 2 fully saturated rings. The van der Waals surface area contributed by atoms with Gasteiger partial charge in [0, 0.05) is 42.8 Å². The lowest BCUT2D eigenvalue weighted by molar-refractivity contribution is -0.251. The number of rotatable bonds is 7. The zero-order chi connectivity index (χ0) is 30.2. The fraction of sp³-hybridized carbons (Fsp3) is 0.414. The van der Waals surface area contributed by atoms with Crippen LogP contribution in [0.15, 0.2) is 53.4 Å². The van der Waals surface area contributed by atoms with Crippen LogP contribution in [0.3, 0.4) is 0 Å². The maximum Gasteiger partial charge on any atom is 0.251 e. The Kier molecular flexibility index (Phi) is 8.70. The van der Waals surface area contributed by atoms with E-state index in [1.165, 1.54) is 6.92 Å². The van der Waals surface area contributed by atoms with Gasteiger partial charge < -0.3 is 39.4 Å². The Balaban J connectivity index is 1.42. The number of hydrogen-bond donors (Lipinski definition) is 5. The number of nitrogens with one attached hydrogen (secondary N) is 1. The molecule has 3 heterocycles. The molecule has 5 rings (SSSR count). The molecule has 5 atom stereocenters. The summed E-state index contributed by atoms with van der Waals surface area (Å²) in [6.45, 7) is 3.91. The van der Waals surface area contributed by atoms with Gasteiger partial charge >= 0.3 is 0 Å². The molecule has 5 N–H and O–H groups in total. The summed E-state index contributed by atoms with van der Waals surface area (Å²) in [5.74, 6) is 0. The number of allylic oxidation sites excluding steroid dienone is 2. The number of nitrogens with zero attached hydrogens (tertiary/aromatic N) is 3. The number of morpholine rings is 1. The molecule has 2 aromatic carbocycles. The minimum Gasteiger partial charge on any atom is -0.394 e. The van der Waals surface area contributed by atoms with E-state index in [1.807, 2.05) is 18.2 Å². The molecular formula is C29H34N4O8S. The predicted octanol–water partition coefficient (Wildman–Crippen LogP) is 0.656. The van der Waals surface area contributed by atoms with Crippen LogP contribution in [0.1, 0.15) is 12.6 Å². The number of aromatic nitrogens is 1. The fourth-order valence-electron chi connectivity index (χ4n) is 5.51. The lowest BCUT2D eigenvalue weighted by atomic mass is 9.98. The number of sulfonamides is 1. The van der Waals surface area contributed by atoms with Crippen molar-refractivity contribution in [2.75, 3.05) is 37.8 Å². The van der Waals surface area contributed by atoms with E-state index in [0.717, 1.165) is 40.8 Å². The molecular weight excluding hydrogens is 564 g/mol. The smallest absolute Gasteiger partial charge is 0.251 e. The standard InChI is InChI=1S/C29H34N4O8S/c1-17(25(15-30)42(38,39)31-26-28(36)27(35)24(16-34)41-29(26)37)22-7-8-23(32(22)2)20-4-3-19-14-21(6-5-18(19)13-20)33-9-11-40-12-10-33/h3-8,13-14,24,26-29,31,34-37H,9-12,16H2,1-2H3/b25-17+/t24-,26-,27-,28-,29?/m1/s1. The van der Waals surface area contributed by atoms with E-state index < -0.39 is 52.2 Å². The zero-order valence-corrected chi connectivity index (χ0v) is 24.0. The van der Waals surface area contributed by atoms with E-state index in [-0.39, 0.29) is 5.57 Å². The van der Waals surface area contributed by atoms with E-state index in [1.54, 1.807) is 23.8 Å². The average Bonchev–Trinajstić information content (AvgIpc) is 3.38. The zero-order valence-electron chi connectivity index (χ0n) is 23.2. The van der Waals surface area contributed by atoms with E-state index in [4.69, 9.17) is 9.47 Å². The Hall–Kier alpha value is -3.32. The molecule has 0 spiro atoms. The van der Waals surface area contributed by atoms with Gasteiger partial charge in [-0.05, 0) is 53.6 Å². The minimum absolute atomic E-state index is 0.143. The Labute approximate surface area is 243 Å². The third kappa shape index (κ3) is 5.68. The van der Waals surface area contributed by atoms with Crippen molar-refractivity contribution in [3.63, 3.8) is 0 Å². The van der Waals surface area contributed by atoms with Crippen LogP contribution in [0.25, 0.3) is 27.6 Å². The second-order valence-electron chi connectivity index (χ2n) is 10.5. The molecule has 2 aliphatic rings. The molecule has 2 aliphatic heterocycles. The maximum atomic E-state index is 13.3. The first-order chi connectivity index (χ1) is 20.1. The summed E-state index contributed by atoms with van der Waals surface area (Å²) in [7, 11) is -2.81. The van der Waals surface area contributed by atoms with Gasteiger partial charge in [0.1, 0.15) is 30.4 Å². The fourth-order valence-corrected chi connectivity index (χ4v) is 6.87. The van der Waals surface area contributed by atoms with Crippen LogP contribution in [0.5, 0.6) is 0 Å². The highest BCUT2D eigenvalue weighted by Gasteiger charge is 2.45. The number of nitriles is 1. The first-order valence-electron chi connectivity index (χ1n) is 13.5. The summed E-state index contributed by atoms with van der Waals surface area (Å²) in [5, 5.41) is 52.0. The van der Waals surface area contributed by atoms with Gasteiger partial charge in [-0.3, -0.25) is 0 Å². The van der Waals surface area contributed by atoms with Gasteiger partial charge in [0.05, 0.1) is 19.8 Å². The van der Waals surface area contributed by atoms with Gasteiger partial charge in [-0.25, -0.2) is 8.42 Å². The molecule has 0 aliphatic carbocycles. The summed E-state index contributed by atoms with van der Waals surface area (Å²) in [5.41, 5.74) is 3.46. The van der Waals surface area contributed by atoms with Crippen molar-refractivity contribution in [2.45, 2.75) is 37.6 Å². The van der Waals surface area contributed by atoms with E-state index in [0.29, 0.717) is 18.9 Å². The first-order valence-corrected chi connectivity index (χ1v) is 15.0. The molecule has 224 valence electrons. The van der Waals surface area contributed by atoms with E-state index in [9.17, 15) is 34.1 Å². The largest absolute Gasteiger partial charge is 0.394 e. The Morgan fingerprint density at radius 2 is 1.74 bits per heavy atom. The molecule has 0 amide bonds. The molecule has 12 nitrogen and oxygen atoms in total. The minimum atomic E-state index is -4.58. The lowest BCUT2D eigenvalue weighted by Crippen LogP contribution is -2.64. The number of anilines is 1. The van der Waals surface area contributed by atoms with Crippen LogP contribution >= 0.6 is 0 Å². The Morgan fingerprint density at radius 3 is 2.43 bits per heavy atom. The van der Waals surface area contributed by atoms with Crippen LogP contribution in [0.4, 0.5) is 5.69 Å². The van der Waals surface area contributed by atoms with E-state index >= 15 is 0 Å². The Morgan fingerprint density at radius 1 is 1.05 bits per heavy atom. The lowest BCUT2D eigenvalue weighted by Gasteiger charge is -2.40. The molecule has 1 unspecified atom stereocenters. The molecule has 0 saturated carbocycles. The normalized spacial score (nSPS) is 25.7. The van der Waals surface area contributed by atoms with Crippen LogP contribution in [0, 0.1) is 11.3 Å². The van der Waals surface area contributed by atoms with Crippen molar-refractivity contribution >= 4 is 32.1 Å². The average molecular weight is 599 g/mol. The van der Waals surface area contributed by atoms with E-state index in [2.05, 4.69) is 33.9 Å². The third-order valence-electron chi connectivity index (χ3n) is 7.90. The Bertz CT molecular complexity index is 1640. The van der Waals surface area contributed by atoms with Crippen molar-refractivity contribution in [3.05, 3.63) is 59.1 Å². The number of aliphatic hydroxyl groups excluding tert-OH is 4. The van der Waals surface area contributed by atoms with Crippen molar-refractivity contribution in [3.8, 4) is 17.3 Å².